The normalized spacial score (nSPS) is 10.9. The van der Waals surface area contributed by atoms with E-state index < -0.39 is 0 Å². The molecule has 146 valence electrons. The number of carbonyl (C=O) groups excluding carboxylic acids is 1. The highest BCUT2D eigenvalue weighted by Crippen LogP contribution is 2.20. The molecular formula is C23H26BrN3O. The molecule has 0 saturated heterocycles. The lowest BCUT2D eigenvalue weighted by atomic mass is 10.1. The van der Waals surface area contributed by atoms with Crippen molar-refractivity contribution in [3.8, 4) is 0 Å². The molecule has 5 heteroatoms. The minimum atomic E-state index is -0.00220. The summed E-state index contributed by atoms with van der Waals surface area (Å²) in [5, 5.41) is 3.00. The first kappa shape index (κ1) is 20.3. The van der Waals surface area contributed by atoms with Gasteiger partial charge in [0.25, 0.3) is 5.91 Å². The zero-order valence-electron chi connectivity index (χ0n) is 16.2. The molecule has 1 heterocycles. The lowest BCUT2D eigenvalue weighted by Gasteiger charge is -2.09. The van der Waals surface area contributed by atoms with Gasteiger partial charge in [-0.05, 0) is 44.0 Å². The van der Waals surface area contributed by atoms with Gasteiger partial charge in [-0.3, -0.25) is 4.79 Å². The first-order chi connectivity index (χ1) is 13.5. The third-order valence-corrected chi connectivity index (χ3v) is 4.99. The molecule has 3 rings (SSSR count). The fourth-order valence-electron chi connectivity index (χ4n) is 3.26. The Balaban J connectivity index is 1.47. The summed E-state index contributed by atoms with van der Waals surface area (Å²) in [5.41, 5.74) is 4.04. The number of hydrogen-bond acceptors (Lipinski definition) is 2. The molecule has 0 fully saturated rings. The number of nitrogens with zero attached hydrogens (tertiary/aromatic N) is 2. The molecule has 4 nitrogen and oxygen atoms in total. The lowest BCUT2D eigenvalue weighted by Crippen LogP contribution is -2.24. The Morgan fingerprint density at radius 2 is 1.86 bits per heavy atom. The summed E-state index contributed by atoms with van der Waals surface area (Å²) in [4.78, 5) is 16.9. The van der Waals surface area contributed by atoms with Crippen molar-refractivity contribution in [2.24, 2.45) is 0 Å². The number of amides is 1. The number of rotatable bonds is 9. The maximum absolute atomic E-state index is 12.1. The van der Waals surface area contributed by atoms with Crippen LogP contribution in [0, 0.1) is 6.92 Å². The van der Waals surface area contributed by atoms with E-state index in [1.165, 1.54) is 0 Å². The second kappa shape index (κ2) is 9.69. The van der Waals surface area contributed by atoms with E-state index in [4.69, 9.17) is 4.98 Å². The van der Waals surface area contributed by atoms with Crippen molar-refractivity contribution < 1.29 is 4.79 Å². The second-order valence-corrected chi connectivity index (χ2v) is 8.17. The summed E-state index contributed by atoms with van der Waals surface area (Å²) in [6, 6.07) is 15.9. The van der Waals surface area contributed by atoms with Crippen molar-refractivity contribution in [1.29, 1.82) is 0 Å². The largest absolute Gasteiger partial charge is 0.352 e. The molecule has 0 atom stereocenters. The topological polar surface area (TPSA) is 46.9 Å². The Bertz CT molecular complexity index is 960. The minimum absolute atomic E-state index is 0.00220. The van der Waals surface area contributed by atoms with Gasteiger partial charge in [0.05, 0.1) is 17.6 Å². The molecule has 0 radical (unpaired) electrons. The van der Waals surface area contributed by atoms with Gasteiger partial charge in [-0.2, -0.15) is 0 Å². The average molecular weight is 440 g/mol. The number of aromatic nitrogens is 2. The summed E-state index contributed by atoms with van der Waals surface area (Å²) >= 11 is 3.47. The number of nitrogens with one attached hydrogen (secondary N) is 1. The number of benzene rings is 2. The number of hydrogen-bond donors (Lipinski definition) is 1. The Morgan fingerprint density at radius 1 is 1.11 bits per heavy atom. The van der Waals surface area contributed by atoms with E-state index >= 15 is 0 Å². The standard InChI is InChI=1S/C23H26BrN3O/c1-17-11-13-19(14-12-17)23(28)25-15-7-3-4-10-22-26-20-8-5-6-9-21(20)27(22)16-18(2)24/h5-6,8-9,11-14H,2-4,7,10,15-16H2,1H3,(H,25,28). The molecule has 1 aromatic heterocycles. The molecule has 0 aliphatic heterocycles. The average Bonchev–Trinajstić information content (AvgIpc) is 3.02. The van der Waals surface area contributed by atoms with Crippen LogP contribution in [-0.4, -0.2) is 22.0 Å². The van der Waals surface area contributed by atoms with Crippen LogP contribution < -0.4 is 5.32 Å². The van der Waals surface area contributed by atoms with E-state index in [0.717, 1.165) is 59.1 Å². The highest BCUT2D eigenvalue weighted by molar-refractivity contribution is 9.11. The molecule has 1 amide bonds. The van der Waals surface area contributed by atoms with Crippen molar-refractivity contribution in [1.82, 2.24) is 14.9 Å². The molecule has 2 aromatic carbocycles. The van der Waals surface area contributed by atoms with Crippen LogP contribution in [0.1, 0.15) is 41.0 Å². The van der Waals surface area contributed by atoms with Crippen LogP contribution in [-0.2, 0) is 13.0 Å². The summed E-state index contributed by atoms with van der Waals surface area (Å²) in [7, 11) is 0. The molecule has 0 bridgehead atoms. The van der Waals surface area contributed by atoms with E-state index in [9.17, 15) is 4.79 Å². The van der Waals surface area contributed by atoms with Crippen molar-refractivity contribution in [3.05, 3.63) is 76.5 Å². The van der Waals surface area contributed by atoms with Gasteiger partial charge in [0.15, 0.2) is 0 Å². The monoisotopic (exact) mass is 439 g/mol. The van der Waals surface area contributed by atoms with Gasteiger partial charge >= 0.3 is 0 Å². The number of allylic oxidation sites excluding steroid dienone is 1. The van der Waals surface area contributed by atoms with Gasteiger partial charge in [-0.1, -0.05) is 58.8 Å². The van der Waals surface area contributed by atoms with Gasteiger partial charge in [0, 0.05) is 23.0 Å². The predicted molar refractivity (Wildman–Crippen MR) is 119 cm³/mol. The number of halogens is 1. The van der Waals surface area contributed by atoms with E-state index in [0.29, 0.717) is 12.1 Å². The van der Waals surface area contributed by atoms with Gasteiger partial charge in [0.1, 0.15) is 5.82 Å². The fourth-order valence-corrected chi connectivity index (χ4v) is 3.51. The van der Waals surface area contributed by atoms with Gasteiger partial charge in [0.2, 0.25) is 0 Å². The molecule has 0 spiro atoms. The van der Waals surface area contributed by atoms with E-state index in [1.807, 2.05) is 49.4 Å². The number of aryl methyl sites for hydroxylation is 2. The van der Waals surface area contributed by atoms with E-state index in [1.54, 1.807) is 0 Å². The number of imidazole rings is 1. The van der Waals surface area contributed by atoms with Crippen molar-refractivity contribution in [3.63, 3.8) is 0 Å². The maximum atomic E-state index is 12.1. The summed E-state index contributed by atoms with van der Waals surface area (Å²) in [6.07, 6.45) is 3.97. The van der Waals surface area contributed by atoms with Crippen LogP contribution in [0.25, 0.3) is 11.0 Å². The Hall–Kier alpha value is -2.40. The second-order valence-electron chi connectivity index (χ2n) is 7.05. The lowest BCUT2D eigenvalue weighted by molar-refractivity contribution is 0.0953. The summed E-state index contributed by atoms with van der Waals surface area (Å²) in [6.45, 7) is 7.41. The first-order valence-corrected chi connectivity index (χ1v) is 10.5. The predicted octanol–water partition coefficient (Wildman–Crippen LogP) is 5.40. The Labute approximate surface area is 174 Å². The van der Waals surface area contributed by atoms with Crippen LogP contribution in [0.5, 0.6) is 0 Å². The van der Waals surface area contributed by atoms with Crippen LogP contribution in [0.4, 0.5) is 0 Å². The molecule has 0 aliphatic rings. The number of fused-ring (bicyclic) bond motifs is 1. The van der Waals surface area contributed by atoms with Crippen LogP contribution in [0.2, 0.25) is 0 Å². The minimum Gasteiger partial charge on any atom is -0.352 e. The smallest absolute Gasteiger partial charge is 0.251 e. The zero-order valence-corrected chi connectivity index (χ0v) is 17.8. The van der Waals surface area contributed by atoms with Crippen LogP contribution in [0.15, 0.2) is 59.6 Å². The SMILES string of the molecule is C=C(Br)Cn1c(CCCCCNC(=O)c2ccc(C)cc2)nc2ccccc21. The van der Waals surface area contributed by atoms with Crippen LogP contribution in [0.3, 0.4) is 0 Å². The molecule has 0 saturated carbocycles. The molecule has 3 aromatic rings. The fraction of sp³-hybridized carbons (Fsp3) is 0.304. The third-order valence-electron chi connectivity index (χ3n) is 4.74. The summed E-state index contributed by atoms with van der Waals surface area (Å²) in [5.74, 6) is 1.09. The quantitative estimate of drug-likeness (QED) is 0.453. The van der Waals surface area contributed by atoms with Gasteiger partial charge < -0.3 is 9.88 Å². The zero-order chi connectivity index (χ0) is 19.9. The highest BCUT2D eigenvalue weighted by atomic mass is 79.9. The van der Waals surface area contributed by atoms with Gasteiger partial charge in [-0.25, -0.2) is 4.98 Å². The van der Waals surface area contributed by atoms with Gasteiger partial charge in [-0.15, -0.1) is 0 Å². The van der Waals surface area contributed by atoms with E-state index in [2.05, 4.69) is 38.5 Å². The molecule has 1 N–H and O–H groups in total. The van der Waals surface area contributed by atoms with E-state index in [-0.39, 0.29) is 5.91 Å². The van der Waals surface area contributed by atoms with Crippen molar-refractivity contribution >= 4 is 32.9 Å². The first-order valence-electron chi connectivity index (χ1n) is 9.67. The number of carbonyl (C=O) groups is 1. The molecule has 28 heavy (non-hydrogen) atoms. The number of unbranched alkanes of at least 4 members (excludes halogenated alkanes) is 2. The highest BCUT2D eigenvalue weighted by Gasteiger charge is 2.10. The maximum Gasteiger partial charge on any atom is 0.251 e. The van der Waals surface area contributed by atoms with Crippen molar-refractivity contribution in [2.75, 3.05) is 6.54 Å². The number of para-hydroxylation sites is 2. The Morgan fingerprint density at radius 3 is 2.61 bits per heavy atom. The molecular weight excluding hydrogens is 414 g/mol. The molecule has 0 aliphatic carbocycles. The molecule has 0 unspecified atom stereocenters. The van der Waals surface area contributed by atoms with Crippen LogP contribution >= 0.6 is 15.9 Å². The third kappa shape index (κ3) is 5.32. The van der Waals surface area contributed by atoms with Crippen molar-refractivity contribution in [2.45, 2.75) is 39.2 Å². The Kier molecular flexibility index (Phi) is 7.04. The summed E-state index contributed by atoms with van der Waals surface area (Å²) < 4.78 is 3.17.